The predicted molar refractivity (Wildman–Crippen MR) is 149 cm³/mol. The molecule has 2 aliphatic rings. The number of benzene rings is 5. The summed E-state index contributed by atoms with van der Waals surface area (Å²) in [5.41, 5.74) is 13.5. The molecule has 0 spiro atoms. The van der Waals surface area contributed by atoms with Gasteiger partial charge in [0.25, 0.3) is 6.71 Å². The van der Waals surface area contributed by atoms with Gasteiger partial charge in [-0.25, -0.2) is 4.98 Å². The number of hydrogen-bond acceptors (Lipinski definition) is 2. The molecule has 9 rings (SSSR count). The molecule has 36 heavy (non-hydrogen) atoms. The maximum absolute atomic E-state index is 5.13. The smallest absolute Gasteiger partial charge is 0.252 e. The topological polar surface area (TPSA) is 25.5 Å². The second-order valence-corrected chi connectivity index (χ2v) is 9.66. The molecule has 0 fully saturated rings. The standard InChI is InChI=1S/C31H19BN4/c1-2-10-20(11-3-1)34-24-15-6-4-12-21(24)32-22-13-8-19-28-30(22)36(27-18-9-17-26(34)29(27)32)31-33-23-14-5-7-16-25(23)35(28)31/h1-19H. The van der Waals surface area contributed by atoms with Crippen molar-refractivity contribution in [3.8, 4) is 5.69 Å². The molecule has 0 radical (unpaired) electrons. The lowest BCUT2D eigenvalue weighted by molar-refractivity contribution is 1.11. The van der Waals surface area contributed by atoms with Gasteiger partial charge in [-0.1, -0.05) is 66.7 Å². The van der Waals surface area contributed by atoms with Crippen LogP contribution in [0, 0.1) is 0 Å². The summed E-state index contributed by atoms with van der Waals surface area (Å²) < 4.78 is 4.71. The van der Waals surface area contributed by atoms with Crippen molar-refractivity contribution < 1.29 is 0 Å². The lowest BCUT2D eigenvalue weighted by Crippen LogP contribution is -2.60. The molecule has 4 nitrogen and oxygen atoms in total. The SMILES string of the molecule is c1ccc(N2c3ccccc3B3c4c2cccc4-n2c4c3cccc4n3c4ccccc4nc23)cc1. The molecule has 0 N–H and O–H groups in total. The van der Waals surface area contributed by atoms with Crippen LogP contribution in [0.25, 0.3) is 33.5 Å². The average molecular weight is 458 g/mol. The van der Waals surface area contributed by atoms with E-state index in [-0.39, 0.29) is 6.71 Å². The van der Waals surface area contributed by atoms with Gasteiger partial charge in [0.2, 0.25) is 5.78 Å². The first-order chi connectivity index (χ1) is 17.9. The highest BCUT2D eigenvalue weighted by Gasteiger charge is 2.41. The van der Waals surface area contributed by atoms with Crippen LogP contribution in [0.2, 0.25) is 0 Å². The van der Waals surface area contributed by atoms with Gasteiger partial charge in [0.1, 0.15) is 0 Å². The van der Waals surface area contributed by atoms with Crippen molar-refractivity contribution in [1.29, 1.82) is 0 Å². The van der Waals surface area contributed by atoms with Gasteiger partial charge in [-0.2, -0.15) is 0 Å². The third-order valence-electron chi connectivity index (χ3n) is 7.90. The average Bonchev–Trinajstić information content (AvgIpc) is 3.47. The first kappa shape index (κ1) is 18.5. The fourth-order valence-electron chi connectivity index (χ4n) is 6.56. The van der Waals surface area contributed by atoms with E-state index in [0.717, 1.165) is 16.8 Å². The summed E-state index contributed by atoms with van der Waals surface area (Å²) >= 11 is 0. The molecule has 5 aromatic carbocycles. The van der Waals surface area contributed by atoms with Crippen molar-refractivity contribution in [2.75, 3.05) is 4.90 Å². The van der Waals surface area contributed by atoms with Gasteiger partial charge in [-0.05, 0) is 64.9 Å². The Hall–Kier alpha value is -4.77. The second-order valence-electron chi connectivity index (χ2n) is 9.66. The first-order valence-corrected chi connectivity index (χ1v) is 12.4. The molecule has 166 valence electrons. The van der Waals surface area contributed by atoms with Crippen molar-refractivity contribution in [1.82, 2.24) is 14.0 Å². The number of hydrogen-bond donors (Lipinski definition) is 0. The lowest BCUT2D eigenvalue weighted by atomic mass is 9.34. The quantitative estimate of drug-likeness (QED) is 0.322. The molecule has 2 aliphatic heterocycles. The van der Waals surface area contributed by atoms with Crippen LogP contribution < -0.4 is 21.3 Å². The number of rotatable bonds is 1. The van der Waals surface area contributed by atoms with Crippen LogP contribution in [0.5, 0.6) is 0 Å². The molecular weight excluding hydrogens is 439 g/mol. The largest absolute Gasteiger partial charge is 0.311 e. The Morgan fingerprint density at radius 2 is 1.25 bits per heavy atom. The van der Waals surface area contributed by atoms with Gasteiger partial charge in [0, 0.05) is 22.7 Å². The van der Waals surface area contributed by atoms with Crippen LogP contribution in [0.3, 0.4) is 0 Å². The Balaban J connectivity index is 1.49. The molecule has 4 heterocycles. The Bertz CT molecular complexity index is 2020. The van der Waals surface area contributed by atoms with Crippen molar-refractivity contribution in [3.05, 3.63) is 115 Å². The summed E-state index contributed by atoms with van der Waals surface area (Å²) in [6.45, 7) is 0.162. The van der Waals surface area contributed by atoms with E-state index in [0.29, 0.717) is 0 Å². The fraction of sp³-hybridized carbons (Fsp3) is 0. The Morgan fingerprint density at radius 3 is 2.19 bits per heavy atom. The Labute approximate surface area is 207 Å². The zero-order valence-corrected chi connectivity index (χ0v) is 19.3. The van der Waals surface area contributed by atoms with Crippen LogP contribution >= 0.6 is 0 Å². The molecule has 0 atom stereocenters. The molecule has 5 heteroatoms. The van der Waals surface area contributed by atoms with Gasteiger partial charge >= 0.3 is 0 Å². The molecule has 0 unspecified atom stereocenters. The van der Waals surface area contributed by atoms with E-state index >= 15 is 0 Å². The number of nitrogens with zero attached hydrogens (tertiary/aromatic N) is 4. The van der Waals surface area contributed by atoms with E-state index in [2.05, 4.69) is 129 Å². The maximum atomic E-state index is 5.13. The summed E-state index contributed by atoms with van der Waals surface area (Å²) in [7, 11) is 0. The monoisotopic (exact) mass is 458 g/mol. The zero-order valence-electron chi connectivity index (χ0n) is 19.3. The summed E-state index contributed by atoms with van der Waals surface area (Å²) in [4.78, 5) is 7.54. The molecule has 0 saturated carbocycles. The molecule has 2 aromatic heterocycles. The summed E-state index contributed by atoms with van der Waals surface area (Å²) in [6.07, 6.45) is 0. The van der Waals surface area contributed by atoms with Gasteiger partial charge in [-0.3, -0.25) is 8.97 Å². The van der Waals surface area contributed by atoms with Crippen molar-refractivity contribution >= 4 is 68.0 Å². The minimum absolute atomic E-state index is 0.162. The van der Waals surface area contributed by atoms with Crippen molar-refractivity contribution in [2.45, 2.75) is 0 Å². The van der Waals surface area contributed by atoms with Crippen LogP contribution in [0.15, 0.2) is 115 Å². The van der Waals surface area contributed by atoms with Gasteiger partial charge in [-0.15, -0.1) is 0 Å². The molecule has 0 aliphatic carbocycles. The molecular formula is C31H19BN4. The van der Waals surface area contributed by atoms with E-state index in [1.54, 1.807) is 0 Å². The second kappa shape index (κ2) is 6.46. The van der Waals surface area contributed by atoms with Crippen LogP contribution in [0.4, 0.5) is 17.1 Å². The third kappa shape index (κ3) is 2.10. The molecule has 0 bridgehead atoms. The molecule has 0 amide bonds. The summed E-state index contributed by atoms with van der Waals surface area (Å²) in [5, 5.41) is 0. The number of fused-ring (bicyclic) bond motifs is 9. The summed E-state index contributed by atoms with van der Waals surface area (Å²) in [6, 6.07) is 41.5. The first-order valence-electron chi connectivity index (χ1n) is 12.4. The number of aromatic nitrogens is 3. The highest BCUT2D eigenvalue weighted by molar-refractivity contribution is 7.00. The number of para-hydroxylation sites is 5. The van der Waals surface area contributed by atoms with E-state index in [4.69, 9.17) is 4.98 Å². The van der Waals surface area contributed by atoms with E-state index in [1.807, 2.05) is 0 Å². The minimum atomic E-state index is 0.162. The van der Waals surface area contributed by atoms with Gasteiger partial charge < -0.3 is 4.90 Å². The maximum Gasteiger partial charge on any atom is 0.252 e. The third-order valence-corrected chi connectivity index (χ3v) is 7.90. The van der Waals surface area contributed by atoms with E-state index in [1.165, 1.54) is 50.2 Å². The summed E-state index contributed by atoms with van der Waals surface area (Å²) in [5.74, 6) is 0.968. The van der Waals surface area contributed by atoms with Crippen molar-refractivity contribution in [2.24, 2.45) is 0 Å². The van der Waals surface area contributed by atoms with E-state index in [9.17, 15) is 0 Å². The fourth-order valence-corrected chi connectivity index (χ4v) is 6.56. The van der Waals surface area contributed by atoms with Gasteiger partial charge in [0.05, 0.1) is 22.1 Å². The molecule has 7 aromatic rings. The predicted octanol–water partition coefficient (Wildman–Crippen LogP) is 5.04. The Kier molecular flexibility index (Phi) is 3.33. The van der Waals surface area contributed by atoms with E-state index < -0.39 is 0 Å². The van der Waals surface area contributed by atoms with Gasteiger partial charge in [0.15, 0.2) is 0 Å². The van der Waals surface area contributed by atoms with Crippen LogP contribution in [-0.2, 0) is 0 Å². The highest BCUT2D eigenvalue weighted by Crippen LogP contribution is 2.39. The number of imidazole rings is 2. The van der Waals surface area contributed by atoms with Crippen molar-refractivity contribution in [3.63, 3.8) is 0 Å². The highest BCUT2D eigenvalue weighted by atomic mass is 15.2. The zero-order chi connectivity index (χ0) is 23.4. The number of anilines is 3. The minimum Gasteiger partial charge on any atom is -0.311 e. The lowest BCUT2D eigenvalue weighted by Gasteiger charge is -2.39. The normalized spacial score (nSPS) is 13.4. The van der Waals surface area contributed by atoms with Crippen LogP contribution in [-0.4, -0.2) is 20.7 Å². The molecule has 0 saturated heterocycles. The van der Waals surface area contributed by atoms with Crippen LogP contribution in [0.1, 0.15) is 0 Å². The Morgan fingerprint density at radius 1 is 0.556 bits per heavy atom.